The van der Waals surface area contributed by atoms with Gasteiger partial charge in [-0.05, 0) is 66.1 Å². The SMILES string of the molecule is O=C(c1ccc(-c2ccc3c(c2)CCNC3)s1)N1N=C(c2cccnc2)CC1c1c(O)cccc1F. The molecule has 0 radical (unpaired) electrons. The van der Waals surface area contributed by atoms with Crippen molar-refractivity contribution < 1.29 is 14.3 Å². The highest BCUT2D eigenvalue weighted by molar-refractivity contribution is 7.17. The summed E-state index contributed by atoms with van der Waals surface area (Å²) < 4.78 is 14.9. The standard InChI is InChI=1S/C28H23FN4O2S/c29-21-4-1-5-24(34)27(21)23-14-22(20-3-2-11-30-16-20)32-33(23)28(35)26-9-8-25(36-26)18-6-7-19-15-31-12-10-17(19)13-18/h1-9,11,13,16,23,31,34H,10,12,14-15H2. The van der Waals surface area contributed by atoms with Gasteiger partial charge >= 0.3 is 0 Å². The van der Waals surface area contributed by atoms with E-state index in [1.807, 2.05) is 12.1 Å². The third-order valence-electron chi connectivity index (χ3n) is 6.67. The molecular formula is C28H23FN4O2S. The van der Waals surface area contributed by atoms with Crippen molar-refractivity contribution in [1.29, 1.82) is 0 Å². The first-order chi connectivity index (χ1) is 17.6. The highest BCUT2D eigenvalue weighted by Gasteiger charge is 2.37. The van der Waals surface area contributed by atoms with Gasteiger partial charge in [0.25, 0.3) is 5.91 Å². The first-order valence-corrected chi connectivity index (χ1v) is 12.6. The van der Waals surface area contributed by atoms with E-state index in [4.69, 9.17) is 0 Å². The zero-order valence-electron chi connectivity index (χ0n) is 19.3. The van der Waals surface area contributed by atoms with E-state index in [2.05, 4.69) is 33.6 Å². The average molecular weight is 499 g/mol. The highest BCUT2D eigenvalue weighted by Crippen LogP contribution is 2.40. The maximum Gasteiger partial charge on any atom is 0.284 e. The van der Waals surface area contributed by atoms with Crippen LogP contribution in [0.2, 0.25) is 0 Å². The van der Waals surface area contributed by atoms with Gasteiger partial charge in [0, 0.05) is 35.8 Å². The van der Waals surface area contributed by atoms with Crippen LogP contribution in [0.3, 0.4) is 0 Å². The lowest BCUT2D eigenvalue weighted by Crippen LogP contribution is -2.27. The zero-order chi connectivity index (χ0) is 24.6. The van der Waals surface area contributed by atoms with Crippen LogP contribution in [0, 0.1) is 5.82 Å². The largest absolute Gasteiger partial charge is 0.507 e. The molecule has 6 rings (SSSR count). The highest BCUT2D eigenvalue weighted by atomic mass is 32.1. The fourth-order valence-corrected chi connectivity index (χ4v) is 5.77. The smallest absolute Gasteiger partial charge is 0.284 e. The molecule has 2 aliphatic rings. The minimum atomic E-state index is -0.768. The van der Waals surface area contributed by atoms with Crippen molar-refractivity contribution >= 4 is 23.0 Å². The van der Waals surface area contributed by atoms with E-state index in [9.17, 15) is 14.3 Å². The zero-order valence-corrected chi connectivity index (χ0v) is 20.1. The predicted molar refractivity (Wildman–Crippen MR) is 138 cm³/mol. The molecule has 2 aromatic carbocycles. The molecule has 2 aliphatic heterocycles. The van der Waals surface area contributed by atoms with Gasteiger partial charge < -0.3 is 10.4 Å². The molecule has 0 fully saturated rings. The minimum Gasteiger partial charge on any atom is -0.507 e. The second kappa shape index (κ2) is 9.29. The summed E-state index contributed by atoms with van der Waals surface area (Å²) >= 11 is 1.39. The van der Waals surface area contributed by atoms with Gasteiger partial charge in [0.1, 0.15) is 11.6 Å². The number of hydrogen-bond donors (Lipinski definition) is 2. The van der Waals surface area contributed by atoms with E-state index >= 15 is 0 Å². The van der Waals surface area contributed by atoms with Crippen LogP contribution in [0.5, 0.6) is 5.75 Å². The molecule has 36 heavy (non-hydrogen) atoms. The first kappa shape index (κ1) is 22.6. The number of nitrogens with one attached hydrogen (secondary N) is 1. The van der Waals surface area contributed by atoms with Crippen LogP contribution in [-0.4, -0.2) is 33.3 Å². The van der Waals surface area contributed by atoms with E-state index in [-0.39, 0.29) is 23.6 Å². The fraction of sp³-hybridized carbons (Fsp3) is 0.179. The van der Waals surface area contributed by atoms with Crippen LogP contribution in [-0.2, 0) is 13.0 Å². The van der Waals surface area contributed by atoms with Gasteiger partial charge in [0.15, 0.2) is 0 Å². The number of phenols is 1. The molecule has 2 N–H and O–H groups in total. The van der Waals surface area contributed by atoms with Crippen molar-refractivity contribution in [3.63, 3.8) is 0 Å². The summed E-state index contributed by atoms with van der Waals surface area (Å²) in [7, 11) is 0. The summed E-state index contributed by atoms with van der Waals surface area (Å²) in [5.41, 5.74) is 5.14. The lowest BCUT2D eigenvalue weighted by molar-refractivity contribution is 0.0712. The van der Waals surface area contributed by atoms with Crippen LogP contribution in [0.25, 0.3) is 10.4 Å². The summed E-state index contributed by atoms with van der Waals surface area (Å²) in [6, 6.07) is 17.2. The number of aromatic hydroxyl groups is 1. The van der Waals surface area contributed by atoms with Crippen LogP contribution in [0.15, 0.2) is 78.2 Å². The molecule has 4 aromatic rings. The molecule has 1 unspecified atom stereocenters. The molecule has 0 saturated carbocycles. The quantitative estimate of drug-likeness (QED) is 0.401. The molecular weight excluding hydrogens is 475 g/mol. The number of thiophene rings is 1. The summed E-state index contributed by atoms with van der Waals surface area (Å²) in [6.45, 7) is 1.83. The van der Waals surface area contributed by atoms with E-state index < -0.39 is 11.9 Å². The summed E-state index contributed by atoms with van der Waals surface area (Å²) in [4.78, 5) is 19.3. The van der Waals surface area contributed by atoms with Gasteiger partial charge in [-0.1, -0.05) is 24.3 Å². The minimum absolute atomic E-state index is 0.0635. The molecule has 6 nitrogen and oxygen atoms in total. The first-order valence-electron chi connectivity index (χ1n) is 11.8. The Morgan fingerprint density at radius 3 is 2.83 bits per heavy atom. The molecule has 4 heterocycles. The Morgan fingerprint density at radius 2 is 2.00 bits per heavy atom. The summed E-state index contributed by atoms with van der Waals surface area (Å²) in [5.74, 6) is -1.10. The molecule has 8 heteroatoms. The normalized spacial score (nSPS) is 17.1. The van der Waals surface area contributed by atoms with Crippen LogP contribution in [0.4, 0.5) is 4.39 Å². The number of rotatable bonds is 4. The van der Waals surface area contributed by atoms with Crippen molar-refractivity contribution in [2.24, 2.45) is 5.10 Å². The second-order valence-corrected chi connectivity index (χ2v) is 9.99. The van der Waals surface area contributed by atoms with Crippen molar-refractivity contribution in [2.45, 2.75) is 25.4 Å². The number of fused-ring (bicyclic) bond motifs is 1. The number of amides is 1. The van der Waals surface area contributed by atoms with Crippen LogP contribution in [0.1, 0.15) is 44.4 Å². The van der Waals surface area contributed by atoms with Crippen molar-refractivity contribution in [1.82, 2.24) is 15.3 Å². The molecule has 0 bridgehead atoms. The molecule has 1 atom stereocenters. The second-order valence-electron chi connectivity index (χ2n) is 8.90. The van der Waals surface area contributed by atoms with Gasteiger partial charge in [0.2, 0.25) is 0 Å². The van der Waals surface area contributed by atoms with Gasteiger partial charge in [-0.2, -0.15) is 5.10 Å². The monoisotopic (exact) mass is 498 g/mol. The Hall–Kier alpha value is -3.88. The van der Waals surface area contributed by atoms with Crippen molar-refractivity contribution in [2.75, 3.05) is 6.54 Å². The van der Waals surface area contributed by atoms with E-state index in [1.54, 1.807) is 24.5 Å². The third kappa shape index (κ3) is 4.08. The number of carbonyl (C=O) groups is 1. The van der Waals surface area contributed by atoms with Gasteiger partial charge in [-0.25, -0.2) is 9.40 Å². The number of halogens is 1. The van der Waals surface area contributed by atoms with E-state index in [0.717, 1.165) is 35.5 Å². The number of nitrogens with zero attached hydrogens (tertiary/aromatic N) is 3. The Morgan fingerprint density at radius 1 is 1.08 bits per heavy atom. The number of aromatic nitrogens is 1. The van der Waals surface area contributed by atoms with Crippen molar-refractivity contribution in [3.8, 4) is 16.2 Å². The van der Waals surface area contributed by atoms with Gasteiger partial charge in [-0.3, -0.25) is 9.78 Å². The number of pyridine rings is 1. The number of phenolic OH excluding ortho intramolecular Hbond substituents is 1. The fourth-order valence-electron chi connectivity index (χ4n) is 4.84. The lowest BCUT2D eigenvalue weighted by atomic mass is 9.97. The Kier molecular flexibility index (Phi) is 5.83. The maximum absolute atomic E-state index is 14.9. The number of hydrazone groups is 1. The number of carbonyl (C=O) groups excluding carboxylic acids is 1. The Labute approximate surface area is 211 Å². The van der Waals surface area contributed by atoms with Crippen molar-refractivity contribution in [3.05, 3.63) is 106 Å². The Balaban J connectivity index is 1.35. The molecule has 0 saturated heterocycles. The van der Waals surface area contributed by atoms with E-state index in [1.165, 1.54) is 45.7 Å². The van der Waals surface area contributed by atoms with E-state index in [0.29, 0.717) is 10.6 Å². The molecule has 0 aliphatic carbocycles. The van der Waals surface area contributed by atoms with Gasteiger partial charge in [0.05, 0.1) is 22.2 Å². The summed E-state index contributed by atoms with van der Waals surface area (Å²) in [5, 5.41) is 19.8. The topological polar surface area (TPSA) is 77.8 Å². The van der Waals surface area contributed by atoms with Gasteiger partial charge in [-0.15, -0.1) is 11.3 Å². The third-order valence-corrected chi connectivity index (χ3v) is 7.79. The predicted octanol–water partition coefficient (Wildman–Crippen LogP) is 5.29. The maximum atomic E-state index is 14.9. The molecule has 0 spiro atoms. The molecule has 2 aromatic heterocycles. The number of hydrogen-bond acceptors (Lipinski definition) is 6. The van der Waals surface area contributed by atoms with Crippen LogP contribution >= 0.6 is 11.3 Å². The molecule has 180 valence electrons. The molecule has 1 amide bonds. The lowest BCUT2D eigenvalue weighted by Gasteiger charge is -2.22. The average Bonchev–Trinajstić information content (AvgIpc) is 3.57. The van der Waals surface area contributed by atoms with Crippen LogP contribution < -0.4 is 5.32 Å². The number of benzene rings is 2. The Bertz CT molecular complexity index is 1460. The summed E-state index contributed by atoms with van der Waals surface area (Å²) in [6.07, 6.45) is 4.57.